The van der Waals surface area contributed by atoms with Crippen LogP contribution in [0, 0.1) is 11.8 Å². The molecule has 23 heavy (non-hydrogen) atoms. The highest BCUT2D eigenvalue weighted by Crippen LogP contribution is 2.32. The average molecular weight is 321 g/mol. The van der Waals surface area contributed by atoms with Crippen LogP contribution in [-0.2, 0) is 14.4 Å². The average Bonchev–Trinajstić information content (AvgIpc) is 3.11. The molecule has 0 aromatic rings. The maximum atomic E-state index is 12.3. The number of hydrogen-bond donors (Lipinski definition) is 1. The van der Waals surface area contributed by atoms with Crippen LogP contribution >= 0.6 is 0 Å². The first kappa shape index (κ1) is 16.3. The molecule has 0 bridgehead atoms. The molecule has 1 saturated carbocycles. The Kier molecular flexibility index (Phi) is 4.10. The first-order chi connectivity index (χ1) is 10.8. The van der Waals surface area contributed by atoms with Crippen molar-refractivity contribution >= 4 is 17.7 Å². The van der Waals surface area contributed by atoms with E-state index in [-0.39, 0.29) is 35.1 Å². The summed E-state index contributed by atoms with van der Waals surface area (Å²) >= 11 is 0. The van der Waals surface area contributed by atoms with Gasteiger partial charge in [0.05, 0.1) is 5.92 Å². The number of carbonyl (C=O) groups excluding carboxylic acids is 3. The Morgan fingerprint density at radius 2 is 1.83 bits per heavy atom. The Balaban J connectivity index is 1.47. The first-order valence-electron chi connectivity index (χ1n) is 8.63. The van der Waals surface area contributed by atoms with Crippen LogP contribution < -0.4 is 5.32 Å². The molecule has 2 unspecified atom stereocenters. The summed E-state index contributed by atoms with van der Waals surface area (Å²) in [5.41, 5.74) is -0.241. The summed E-state index contributed by atoms with van der Waals surface area (Å²) in [7, 11) is 0. The molecule has 128 valence electrons. The highest BCUT2D eigenvalue weighted by atomic mass is 16.2. The van der Waals surface area contributed by atoms with Crippen LogP contribution in [0.4, 0.5) is 0 Å². The van der Waals surface area contributed by atoms with E-state index in [1.165, 1.54) is 0 Å². The molecule has 2 saturated heterocycles. The number of rotatable bonds is 4. The molecule has 6 heteroatoms. The quantitative estimate of drug-likeness (QED) is 0.831. The molecule has 0 aromatic heterocycles. The molecule has 1 aliphatic carbocycles. The standard InChI is InChI=1S/C17H27N3O3/c1-17(2,3)20-10-12(7-15(20)22)16(23)18-8-11-6-14(21)19(9-11)13-4-5-13/h11-13H,4-10H2,1-3H3,(H,18,23). The minimum atomic E-state index is -0.265. The van der Waals surface area contributed by atoms with Gasteiger partial charge in [-0.25, -0.2) is 0 Å². The van der Waals surface area contributed by atoms with Crippen LogP contribution in [0.25, 0.3) is 0 Å². The Bertz CT molecular complexity index is 522. The van der Waals surface area contributed by atoms with E-state index in [2.05, 4.69) is 5.32 Å². The third kappa shape index (κ3) is 3.51. The van der Waals surface area contributed by atoms with E-state index in [9.17, 15) is 14.4 Å². The normalized spacial score (nSPS) is 28.7. The van der Waals surface area contributed by atoms with Crippen molar-refractivity contribution in [1.29, 1.82) is 0 Å². The molecule has 6 nitrogen and oxygen atoms in total. The van der Waals surface area contributed by atoms with Crippen LogP contribution in [0.2, 0.25) is 0 Å². The van der Waals surface area contributed by atoms with E-state index in [1.807, 2.05) is 25.7 Å². The van der Waals surface area contributed by atoms with Crippen molar-refractivity contribution < 1.29 is 14.4 Å². The summed E-state index contributed by atoms with van der Waals surface area (Å²) in [5.74, 6) is 0.166. The molecule has 2 atom stereocenters. The SMILES string of the molecule is CC(C)(C)N1CC(C(=O)NCC2CC(=O)N(C3CC3)C2)CC1=O. The van der Waals surface area contributed by atoms with Crippen LogP contribution in [0.5, 0.6) is 0 Å². The molecule has 0 spiro atoms. The molecule has 3 aliphatic rings. The molecular weight excluding hydrogens is 294 g/mol. The lowest BCUT2D eigenvalue weighted by Gasteiger charge is -2.32. The monoisotopic (exact) mass is 321 g/mol. The summed E-state index contributed by atoms with van der Waals surface area (Å²) < 4.78 is 0. The summed E-state index contributed by atoms with van der Waals surface area (Å²) in [6.45, 7) is 7.76. The smallest absolute Gasteiger partial charge is 0.225 e. The van der Waals surface area contributed by atoms with Crippen LogP contribution in [0.15, 0.2) is 0 Å². The summed E-state index contributed by atoms with van der Waals surface area (Å²) in [6.07, 6.45) is 3.07. The topological polar surface area (TPSA) is 69.7 Å². The van der Waals surface area contributed by atoms with Crippen LogP contribution in [-0.4, -0.2) is 58.7 Å². The fourth-order valence-corrected chi connectivity index (χ4v) is 3.60. The van der Waals surface area contributed by atoms with Gasteiger partial charge in [-0.3, -0.25) is 14.4 Å². The molecule has 0 aromatic carbocycles. The zero-order chi connectivity index (χ0) is 16.8. The van der Waals surface area contributed by atoms with Gasteiger partial charge in [0, 0.05) is 50.0 Å². The lowest BCUT2D eigenvalue weighted by Crippen LogP contribution is -2.43. The van der Waals surface area contributed by atoms with Gasteiger partial charge in [0.25, 0.3) is 0 Å². The Morgan fingerprint density at radius 1 is 1.13 bits per heavy atom. The number of amides is 3. The lowest BCUT2D eigenvalue weighted by molar-refractivity contribution is -0.132. The minimum Gasteiger partial charge on any atom is -0.355 e. The molecule has 3 fully saturated rings. The van der Waals surface area contributed by atoms with E-state index in [1.54, 1.807) is 4.90 Å². The van der Waals surface area contributed by atoms with Crippen molar-refractivity contribution in [2.45, 2.75) is 58.0 Å². The van der Waals surface area contributed by atoms with E-state index in [0.717, 1.165) is 19.4 Å². The summed E-state index contributed by atoms with van der Waals surface area (Å²) in [5, 5.41) is 2.96. The largest absolute Gasteiger partial charge is 0.355 e. The van der Waals surface area contributed by atoms with Crippen LogP contribution in [0.1, 0.15) is 46.5 Å². The summed E-state index contributed by atoms with van der Waals surface area (Å²) in [6, 6.07) is 0.455. The van der Waals surface area contributed by atoms with Crippen molar-refractivity contribution in [3.63, 3.8) is 0 Å². The second kappa shape index (κ2) is 5.80. The van der Waals surface area contributed by atoms with Crippen molar-refractivity contribution in [1.82, 2.24) is 15.1 Å². The third-order valence-corrected chi connectivity index (χ3v) is 5.10. The van der Waals surface area contributed by atoms with Gasteiger partial charge >= 0.3 is 0 Å². The molecule has 3 amide bonds. The fraction of sp³-hybridized carbons (Fsp3) is 0.824. The van der Waals surface area contributed by atoms with Gasteiger partial charge in [-0.1, -0.05) is 0 Å². The summed E-state index contributed by atoms with van der Waals surface area (Å²) in [4.78, 5) is 40.1. The number of nitrogens with zero attached hydrogens (tertiary/aromatic N) is 2. The third-order valence-electron chi connectivity index (χ3n) is 5.10. The number of likely N-dealkylation sites (tertiary alicyclic amines) is 2. The molecule has 0 radical (unpaired) electrons. The molecular formula is C17H27N3O3. The highest BCUT2D eigenvalue weighted by Gasteiger charge is 2.41. The predicted octanol–water partition coefficient (Wildman–Crippen LogP) is 0.761. The Morgan fingerprint density at radius 3 is 2.39 bits per heavy atom. The van der Waals surface area contributed by atoms with Crippen molar-refractivity contribution in [2.75, 3.05) is 19.6 Å². The van der Waals surface area contributed by atoms with Crippen molar-refractivity contribution in [2.24, 2.45) is 11.8 Å². The van der Waals surface area contributed by atoms with E-state index in [0.29, 0.717) is 32.0 Å². The van der Waals surface area contributed by atoms with Gasteiger partial charge in [0.1, 0.15) is 0 Å². The van der Waals surface area contributed by atoms with Gasteiger partial charge in [-0.15, -0.1) is 0 Å². The van der Waals surface area contributed by atoms with E-state index < -0.39 is 0 Å². The molecule has 2 aliphatic heterocycles. The second-order valence-electron chi connectivity index (χ2n) is 8.17. The van der Waals surface area contributed by atoms with Gasteiger partial charge in [-0.05, 0) is 33.6 Å². The zero-order valence-corrected chi connectivity index (χ0v) is 14.3. The van der Waals surface area contributed by atoms with E-state index >= 15 is 0 Å². The van der Waals surface area contributed by atoms with Crippen LogP contribution in [0.3, 0.4) is 0 Å². The minimum absolute atomic E-state index is 0.0496. The predicted molar refractivity (Wildman–Crippen MR) is 85.4 cm³/mol. The van der Waals surface area contributed by atoms with E-state index in [4.69, 9.17) is 0 Å². The zero-order valence-electron chi connectivity index (χ0n) is 14.3. The maximum absolute atomic E-state index is 12.3. The number of nitrogens with one attached hydrogen (secondary N) is 1. The number of carbonyl (C=O) groups is 3. The van der Waals surface area contributed by atoms with Crippen molar-refractivity contribution in [3.8, 4) is 0 Å². The van der Waals surface area contributed by atoms with Gasteiger partial charge in [-0.2, -0.15) is 0 Å². The van der Waals surface area contributed by atoms with Crippen molar-refractivity contribution in [3.05, 3.63) is 0 Å². The molecule has 1 N–H and O–H groups in total. The molecule has 3 rings (SSSR count). The highest BCUT2D eigenvalue weighted by molar-refractivity contribution is 5.89. The van der Waals surface area contributed by atoms with Gasteiger partial charge in [0.15, 0.2) is 0 Å². The molecule has 2 heterocycles. The van der Waals surface area contributed by atoms with Gasteiger partial charge < -0.3 is 15.1 Å². The maximum Gasteiger partial charge on any atom is 0.225 e. The second-order valence-corrected chi connectivity index (χ2v) is 8.17. The Hall–Kier alpha value is -1.59. The Labute approximate surface area is 137 Å². The number of hydrogen-bond acceptors (Lipinski definition) is 3. The lowest BCUT2D eigenvalue weighted by atomic mass is 10.1. The first-order valence-corrected chi connectivity index (χ1v) is 8.63. The fourth-order valence-electron chi connectivity index (χ4n) is 3.60. The van der Waals surface area contributed by atoms with Gasteiger partial charge in [0.2, 0.25) is 17.7 Å².